The minimum absolute atomic E-state index is 0.110. The summed E-state index contributed by atoms with van der Waals surface area (Å²) in [4.78, 5) is 13.8. The number of nitrogen functional groups attached to an aromatic ring is 1. The largest absolute Gasteiger partial charge is 0.399 e. The first-order valence-electron chi connectivity index (χ1n) is 6.27. The van der Waals surface area contributed by atoms with Gasteiger partial charge in [0.25, 0.3) is 0 Å². The number of carbonyl (C=O) groups excluding carboxylic acids is 1. The van der Waals surface area contributed by atoms with Crippen molar-refractivity contribution in [1.29, 1.82) is 0 Å². The zero-order valence-corrected chi connectivity index (χ0v) is 12.8. The van der Waals surface area contributed by atoms with Crippen LogP contribution in [0.25, 0.3) is 0 Å². The summed E-state index contributed by atoms with van der Waals surface area (Å²) in [5, 5.41) is 12.1. The highest BCUT2D eigenvalue weighted by Crippen LogP contribution is 2.32. The number of halogens is 2. The molecule has 0 fully saturated rings. The van der Waals surface area contributed by atoms with Crippen molar-refractivity contribution < 1.29 is 9.90 Å². The van der Waals surface area contributed by atoms with Crippen LogP contribution in [0.5, 0.6) is 0 Å². The van der Waals surface area contributed by atoms with Crippen molar-refractivity contribution in [2.24, 2.45) is 0 Å². The first-order valence-corrected chi connectivity index (χ1v) is 7.03. The van der Waals surface area contributed by atoms with E-state index in [1.165, 1.54) is 12.1 Å². The van der Waals surface area contributed by atoms with Gasteiger partial charge in [0.15, 0.2) is 0 Å². The molecule has 0 atom stereocenters. The summed E-state index contributed by atoms with van der Waals surface area (Å²) < 4.78 is 0. The lowest BCUT2D eigenvalue weighted by atomic mass is 10.2. The van der Waals surface area contributed by atoms with Crippen LogP contribution in [0.2, 0.25) is 10.0 Å². The third kappa shape index (κ3) is 5.54. The van der Waals surface area contributed by atoms with E-state index in [-0.39, 0.29) is 12.5 Å². The SMILES string of the molecule is CN(CCO)CCCC(=O)Nc1c(Cl)cc(N)cc1Cl. The molecule has 0 saturated carbocycles. The monoisotopic (exact) mass is 319 g/mol. The second-order valence-electron chi connectivity index (χ2n) is 4.54. The van der Waals surface area contributed by atoms with Crippen LogP contribution in [-0.4, -0.2) is 42.7 Å². The van der Waals surface area contributed by atoms with Crippen molar-refractivity contribution in [1.82, 2.24) is 4.90 Å². The van der Waals surface area contributed by atoms with Crippen molar-refractivity contribution in [2.45, 2.75) is 12.8 Å². The van der Waals surface area contributed by atoms with Crippen molar-refractivity contribution >= 4 is 40.5 Å². The molecule has 0 heterocycles. The Morgan fingerprint density at radius 3 is 2.50 bits per heavy atom. The summed E-state index contributed by atoms with van der Waals surface area (Å²) in [5.74, 6) is -0.157. The number of nitrogens with two attached hydrogens (primary N) is 1. The highest BCUT2D eigenvalue weighted by molar-refractivity contribution is 6.40. The van der Waals surface area contributed by atoms with Crippen LogP contribution in [0, 0.1) is 0 Å². The first kappa shape index (κ1) is 17.0. The molecule has 20 heavy (non-hydrogen) atoms. The predicted molar refractivity (Wildman–Crippen MR) is 83.3 cm³/mol. The van der Waals surface area contributed by atoms with Gasteiger partial charge < -0.3 is 21.1 Å². The highest BCUT2D eigenvalue weighted by atomic mass is 35.5. The molecular weight excluding hydrogens is 301 g/mol. The van der Waals surface area contributed by atoms with Crippen molar-refractivity contribution in [2.75, 3.05) is 37.8 Å². The summed E-state index contributed by atoms with van der Waals surface area (Å²) in [5.41, 5.74) is 6.43. The summed E-state index contributed by atoms with van der Waals surface area (Å²) in [7, 11) is 1.89. The Kier molecular flexibility index (Phi) is 7.09. The van der Waals surface area contributed by atoms with Gasteiger partial charge in [0.1, 0.15) is 0 Å². The molecular formula is C13H19Cl2N3O2. The average molecular weight is 320 g/mol. The van der Waals surface area contributed by atoms with E-state index in [0.717, 1.165) is 6.54 Å². The van der Waals surface area contributed by atoms with E-state index < -0.39 is 0 Å². The molecule has 1 rings (SSSR count). The minimum atomic E-state index is -0.157. The Morgan fingerprint density at radius 1 is 1.35 bits per heavy atom. The number of hydrogen-bond donors (Lipinski definition) is 3. The molecule has 0 unspecified atom stereocenters. The molecule has 0 spiro atoms. The first-order chi connectivity index (χ1) is 9.43. The molecule has 1 amide bonds. The number of rotatable bonds is 7. The van der Waals surface area contributed by atoms with E-state index in [1.807, 2.05) is 11.9 Å². The molecule has 1 aromatic rings. The van der Waals surface area contributed by atoms with Crippen LogP contribution in [0.3, 0.4) is 0 Å². The van der Waals surface area contributed by atoms with Crippen molar-refractivity contribution in [3.8, 4) is 0 Å². The lowest BCUT2D eigenvalue weighted by Crippen LogP contribution is -2.24. The fourth-order valence-corrected chi connectivity index (χ4v) is 2.30. The van der Waals surface area contributed by atoms with Gasteiger partial charge >= 0.3 is 0 Å². The number of carbonyl (C=O) groups is 1. The number of nitrogens with zero attached hydrogens (tertiary/aromatic N) is 1. The smallest absolute Gasteiger partial charge is 0.224 e. The third-order valence-electron chi connectivity index (χ3n) is 2.75. The van der Waals surface area contributed by atoms with Gasteiger partial charge in [-0.15, -0.1) is 0 Å². The summed E-state index contributed by atoms with van der Waals surface area (Å²) in [6.45, 7) is 1.44. The topological polar surface area (TPSA) is 78.6 Å². The number of amides is 1. The van der Waals surface area contributed by atoms with E-state index in [2.05, 4.69) is 5.32 Å². The Morgan fingerprint density at radius 2 is 1.95 bits per heavy atom. The Labute approximate surface area is 128 Å². The van der Waals surface area contributed by atoms with E-state index in [4.69, 9.17) is 34.0 Å². The van der Waals surface area contributed by atoms with Crippen LogP contribution in [0.15, 0.2) is 12.1 Å². The number of benzene rings is 1. The minimum Gasteiger partial charge on any atom is -0.399 e. The fourth-order valence-electron chi connectivity index (χ4n) is 1.71. The Balaban J connectivity index is 2.47. The van der Waals surface area contributed by atoms with Gasteiger partial charge in [0.2, 0.25) is 5.91 Å². The number of hydrogen-bond acceptors (Lipinski definition) is 4. The summed E-state index contributed by atoms with van der Waals surface area (Å²) in [6.07, 6.45) is 1.04. The summed E-state index contributed by atoms with van der Waals surface area (Å²) in [6, 6.07) is 3.08. The van der Waals surface area contributed by atoms with Crippen LogP contribution >= 0.6 is 23.2 Å². The number of aliphatic hydroxyl groups excluding tert-OH is 1. The molecule has 0 radical (unpaired) electrons. The molecule has 0 aliphatic rings. The van der Waals surface area contributed by atoms with E-state index >= 15 is 0 Å². The van der Waals surface area contributed by atoms with Crippen LogP contribution in [0.1, 0.15) is 12.8 Å². The maximum atomic E-state index is 11.8. The van der Waals surface area contributed by atoms with Gasteiger partial charge in [-0.3, -0.25) is 4.79 Å². The van der Waals surface area contributed by atoms with Gasteiger partial charge in [-0.2, -0.15) is 0 Å². The third-order valence-corrected chi connectivity index (χ3v) is 3.35. The van der Waals surface area contributed by atoms with Crippen molar-refractivity contribution in [3.05, 3.63) is 22.2 Å². The molecule has 5 nitrogen and oxygen atoms in total. The highest BCUT2D eigenvalue weighted by Gasteiger charge is 2.11. The molecule has 4 N–H and O–H groups in total. The van der Waals surface area contributed by atoms with Gasteiger partial charge in [0, 0.05) is 18.7 Å². The van der Waals surface area contributed by atoms with Crippen molar-refractivity contribution in [3.63, 3.8) is 0 Å². The average Bonchev–Trinajstić information content (AvgIpc) is 2.34. The Bertz CT molecular complexity index is 446. The fraction of sp³-hybridized carbons (Fsp3) is 0.462. The van der Waals surface area contributed by atoms with E-state index in [9.17, 15) is 4.79 Å². The zero-order valence-electron chi connectivity index (χ0n) is 11.3. The van der Waals surface area contributed by atoms with Gasteiger partial charge in [-0.05, 0) is 32.1 Å². The molecule has 1 aromatic carbocycles. The molecule has 0 aliphatic carbocycles. The number of nitrogens with one attached hydrogen (secondary N) is 1. The second kappa shape index (κ2) is 8.32. The molecule has 7 heteroatoms. The maximum Gasteiger partial charge on any atom is 0.224 e. The van der Waals surface area contributed by atoms with E-state index in [1.54, 1.807) is 0 Å². The molecule has 0 aliphatic heterocycles. The molecule has 112 valence electrons. The predicted octanol–water partition coefficient (Wildman–Crippen LogP) is 2.22. The van der Waals surface area contributed by atoms with Crippen LogP contribution in [0.4, 0.5) is 11.4 Å². The number of anilines is 2. The second-order valence-corrected chi connectivity index (χ2v) is 5.35. The molecule has 0 saturated heterocycles. The lowest BCUT2D eigenvalue weighted by Gasteiger charge is -2.15. The van der Waals surface area contributed by atoms with Gasteiger partial charge in [-0.25, -0.2) is 0 Å². The van der Waals surface area contributed by atoms with Gasteiger partial charge in [-0.1, -0.05) is 23.2 Å². The quantitative estimate of drug-likeness (QED) is 0.673. The van der Waals surface area contributed by atoms with Crippen LogP contribution in [-0.2, 0) is 4.79 Å². The lowest BCUT2D eigenvalue weighted by molar-refractivity contribution is -0.116. The maximum absolute atomic E-state index is 11.8. The molecule has 0 bridgehead atoms. The zero-order chi connectivity index (χ0) is 15.1. The van der Waals surface area contributed by atoms with E-state index in [0.29, 0.717) is 40.8 Å². The number of aliphatic hydroxyl groups is 1. The Hall–Kier alpha value is -1.01. The summed E-state index contributed by atoms with van der Waals surface area (Å²) >= 11 is 12.0. The molecule has 0 aromatic heterocycles. The normalized spacial score (nSPS) is 10.8. The number of likely N-dealkylation sites (N-methyl/N-ethyl adjacent to an activating group) is 1. The van der Waals surface area contributed by atoms with Gasteiger partial charge in [0.05, 0.1) is 22.3 Å². The standard InChI is InChI=1S/C13H19Cl2N3O2/c1-18(5-6-19)4-2-3-12(20)17-13-10(14)7-9(16)8-11(13)15/h7-8,19H,2-6,16H2,1H3,(H,17,20). The van der Waals surface area contributed by atoms with Crippen LogP contribution < -0.4 is 11.1 Å².